The summed E-state index contributed by atoms with van der Waals surface area (Å²) in [5.74, 6) is -2.50. The van der Waals surface area contributed by atoms with Crippen molar-refractivity contribution < 1.29 is 28.7 Å². The first-order valence-corrected chi connectivity index (χ1v) is 13.1. The number of fused-ring (bicyclic) bond motifs is 1. The summed E-state index contributed by atoms with van der Waals surface area (Å²) in [4.78, 5) is 64.3. The first-order chi connectivity index (χ1) is 19.2. The standard InChI is InChI=1S/C31H25ClN2O6/c1-18-2-15-25-26(16-18)30(38)34(29(25)37)24-13-7-20(8-14-24)28(36)33-23-11-5-21(6-12-23)31(39)40-17-27(35)19-3-9-22(32)10-4-19/h2-14,25-26H,15-17H2,1H3,(H,33,36)/t25-,26+/m0/s1. The van der Waals surface area contributed by atoms with Gasteiger partial charge in [-0.2, -0.15) is 0 Å². The van der Waals surface area contributed by atoms with Crippen LogP contribution in [0, 0.1) is 11.8 Å². The van der Waals surface area contributed by atoms with Gasteiger partial charge >= 0.3 is 5.97 Å². The number of carbonyl (C=O) groups is 5. The van der Waals surface area contributed by atoms with Crippen molar-refractivity contribution in [1.82, 2.24) is 0 Å². The summed E-state index contributed by atoms with van der Waals surface area (Å²) < 4.78 is 5.11. The molecule has 202 valence electrons. The number of nitrogens with zero attached hydrogens (tertiary/aromatic N) is 1. The molecule has 0 aromatic heterocycles. The number of hydrogen-bond acceptors (Lipinski definition) is 6. The van der Waals surface area contributed by atoms with E-state index in [1.165, 1.54) is 17.0 Å². The van der Waals surface area contributed by atoms with Crippen LogP contribution in [0.3, 0.4) is 0 Å². The molecule has 5 rings (SSSR count). The molecule has 0 radical (unpaired) electrons. The molecule has 1 aliphatic heterocycles. The molecule has 2 aliphatic rings. The highest BCUT2D eigenvalue weighted by Crippen LogP contribution is 2.39. The molecule has 3 amide bonds. The van der Waals surface area contributed by atoms with Crippen LogP contribution in [-0.2, 0) is 14.3 Å². The van der Waals surface area contributed by atoms with Crippen molar-refractivity contribution in [2.75, 3.05) is 16.8 Å². The predicted octanol–water partition coefficient (Wildman–Crippen LogP) is 5.48. The Morgan fingerprint density at radius 1 is 0.850 bits per heavy atom. The van der Waals surface area contributed by atoms with Gasteiger partial charge in [0.25, 0.3) is 5.91 Å². The second-order valence-corrected chi connectivity index (χ2v) is 10.2. The molecule has 1 fully saturated rings. The van der Waals surface area contributed by atoms with Crippen molar-refractivity contribution in [1.29, 1.82) is 0 Å². The van der Waals surface area contributed by atoms with Gasteiger partial charge in [0.2, 0.25) is 11.8 Å². The average Bonchev–Trinajstić information content (AvgIpc) is 3.20. The van der Waals surface area contributed by atoms with Crippen molar-refractivity contribution in [3.63, 3.8) is 0 Å². The fraction of sp³-hybridized carbons (Fsp3) is 0.194. The lowest BCUT2D eigenvalue weighted by Gasteiger charge is -2.18. The molecule has 1 aliphatic carbocycles. The van der Waals surface area contributed by atoms with Crippen LogP contribution in [0.1, 0.15) is 50.8 Å². The van der Waals surface area contributed by atoms with E-state index in [-0.39, 0.29) is 35.0 Å². The normalized spacial score (nSPS) is 18.1. The molecular weight excluding hydrogens is 532 g/mol. The highest BCUT2D eigenvalue weighted by molar-refractivity contribution is 6.30. The zero-order chi connectivity index (χ0) is 28.4. The third-order valence-corrected chi connectivity index (χ3v) is 7.34. The van der Waals surface area contributed by atoms with E-state index >= 15 is 0 Å². The Labute approximate surface area is 235 Å². The second kappa shape index (κ2) is 11.3. The van der Waals surface area contributed by atoms with Gasteiger partial charge in [0.15, 0.2) is 12.4 Å². The van der Waals surface area contributed by atoms with E-state index in [1.54, 1.807) is 60.7 Å². The molecule has 0 bridgehead atoms. The number of halogens is 1. The van der Waals surface area contributed by atoms with E-state index in [0.717, 1.165) is 5.57 Å². The van der Waals surface area contributed by atoms with E-state index < -0.39 is 18.5 Å². The van der Waals surface area contributed by atoms with Crippen LogP contribution in [0.5, 0.6) is 0 Å². The largest absolute Gasteiger partial charge is 0.454 e. The van der Waals surface area contributed by atoms with E-state index in [9.17, 15) is 24.0 Å². The van der Waals surface area contributed by atoms with Crippen molar-refractivity contribution in [2.24, 2.45) is 11.8 Å². The minimum Gasteiger partial charge on any atom is -0.454 e. The summed E-state index contributed by atoms with van der Waals surface area (Å²) in [6, 6.07) is 18.6. The number of rotatable bonds is 7. The number of carbonyl (C=O) groups excluding carboxylic acids is 5. The molecule has 3 aromatic rings. The number of esters is 1. The third-order valence-electron chi connectivity index (χ3n) is 7.09. The Morgan fingerprint density at radius 3 is 2.12 bits per heavy atom. The quantitative estimate of drug-likeness (QED) is 0.179. The highest BCUT2D eigenvalue weighted by atomic mass is 35.5. The lowest BCUT2D eigenvalue weighted by molar-refractivity contribution is -0.122. The molecule has 2 atom stereocenters. The molecule has 9 heteroatoms. The zero-order valence-corrected chi connectivity index (χ0v) is 22.3. The number of Topliss-reactive ketones (excluding diaryl/α,β-unsaturated/α-hetero) is 1. The van der Waals surface area contributed by atoms with Crippen LogP contribution in [0.15, 0.2) is 84.4 Å². The van der Waals surface area contributed by atoms with E-state index in [1.807, 2.05) is 13.0 Å². The number of nitrogens with one attached hydrogen (secondary N) is 1. The van der Waals surface area contributed by atoms with Crippen molar-refractivity contribution >= 4 is 52.4 Å². The van der Waals surface area contributed by atoms with Crippen LogP contribution >= 0.6 is 11.6 Å². The summed E-state index contributed by atoms with van der Waals surface area (Å²) in [5, 5.41) is 3.24. The second-order valence-electron chi connectivity index (χ2n) is 9.80. The predicted molar refractivity (Wildman–Crippen MR) is 149 cm³/mol. The fourth-order valence-electron chi connectivity index (χ4n) is 4.88. The summed E-state index contributed by atoms with van der Waals surface area (Å²) in [5.41, 5.74) is 2.94. The molecule has 0 spiro atoms. The number of amides is 3. The Hall–Kier alpha value is -4.56. The van der Waals surface area contributed by atoms with E-state index in [4.69, 9.17) is 16.3 Å². The number of allylic oxidation sites excluding steroid dienone is 2. The maximum absolute atomic E-state index is 12.9. The summed E-state index contributed by atoms with van der Waals surface area (Å²) in [7, 11) is 0. The minimum atomic E-state index is -0.674. The van der Waals surface area contributed by atoms with Gasteiger partial charge in [-0.05, 0) is 92.6 Å². The van der Waals surface area contributed by atoms with Gasteiger partial charge < -0.3 is 10.1 Å². The smallest absolute Gasteiger partial charge is 0.338 e. The molecular formula is C31H25ClN2O6. The van der Waals surface area contributed by atoms with Crippen molar-refractivity contribution in [3.05, 3.63) is 106 Å². The average molecular weight is 557 g/mol. The molecule has 1 N–H and O–H groups in total. The van der Waals surface area contributed by atoms with Crippen LogP contribution < -0.4 is 10.2 Å². The molecule has 0 saturated carbocycles. The number of benzene rings is 3. The Kier molecular flexibility index (Phi) is 7.62. The number of hydrogen-bond donors (Lipinski definition) is 1. The molecule has 1 saturated heterocycles. The molecule has 40 heavy (non-hydrogen) atoms. The lowest BCUT2D eigenvalue weighted by atomic mass is 9.82. The number of ketones is 1. The van der Waals surface area contributed by atoms with Crippen LogP contribution in [0.2, 0.25) is 5.02 Å². The van der Waals surface area contributed by atoms with E-state index in [0.29, 0.717) is 40.4 Å². The van der Waals surface area contributed by atoms with E-state index in [2.05, 4.69) is 5.32 Å². The maximum Gasteiger partial charge on any atom is 0.338 e. The van der Waals surface area contributed by atoms with Gasteiger partial charge in [-0.15, -0.1) is 0 Å². The van der Waals surface area contributed by atoms with Crippen LogP contribution in [0.25, 0.3) is 0 Å². The molecule has 8 nitrogen and oxygen atoms in total. The van der Waals surface area contributed by atoms with Gasteiger partial charge in [-0.1, -0.05) is 23.3 Å². The van der Waals surface area contributed by atoms with Crippen LogP contribution in [0.4, 0.5) is 11.4 Å². The van der Waals surface area contributed by atoms with Gasteiger partial charge in [-0.3, -0.25) is 24.1 Å². The Balaban J connectivity index is 1.16. The Bertz CT molecular complexity index is 1530. The SMILES string of the molecule is CC1=CC[C@@H]2C(=O)N(c3ccc(C(=O)Nc4ccc(C(=O)OCC(=O)c5ccc(Cl)cc5)cc4)cc3)C(=O)[C@@H]2C1. The summed E-state index contributed by atoms with van der Waals surface area (Å²) >= 11 is 5.82. The van der Waals surface area contributed by atoms with Crippen molar-refractivity contribution in [2.45, 2.75) is 19.8 Å². The number of imide groups is 1. The monoisotopic (exact) mass is 556 g/mol. The van der Waals surface area contributed by atoms with Gasteiger partial charge in [-0.25, -0.2) is 4.79 Å². The fourth-order valence-corrected chi connectivity index (χ4v) is 5.01. The summed E-state index contributed by atoms with van der Waals surface area (Å²) in [6.07, 6.45) is 3.17. The van der Waals surface area contributed by atoms with Gasteiger partial charge in [0, 0.05) is 21.8 Å². The number of anilines is 2. The molecule has 1 heterocycles. The lowest BCUT2D eigenvalue weighted by Crippen LogP contribution is -2.30. The minimum absolute atomic E-state index is 0.201. The molecule has 0 unspecified atom stereocenters. The third kappa shape index (κ3) is 5.58. The number of ether oxygens (including phenoxy) is 1. The topological polar surface area (TPSA) is 110 Å². The maximum atomic E-state index is 12.9. The Morgan fingerprint density at radius 2 is 1.45 bits per heavy atom. The highest BCUT2D eigenvalue weighted by Gasteiger charge is 2.48. The van der Waals surface area contributed by atoms with Crippen LogP contribution in [-0.4, -0.2) is 36.1 Å². The van der Waals surface area contributed by atoms with Gasteiger partial charge in [0.05, 0.1) is 23.1 Å². The zero-order valence-electron chi connectivity index (χ0n) is 21.6. The van der Waals surface area contributed by atoms with Crippen molar-refractivity contribution in [3.8, 4) is 0 Å². The van der Waals surface area contributed by atoms with Gasteiger partial charge in [0.1, 0.15) is 0 Å². The summed E-state index contributed by atoms with van der Waals surface area (Å²) in [6.45, 7) is 1.55. The first kappa shape index (κ1) is 27.0. The molecule has 3 aromatic carbocycles. The first-order valence-electron chi connectivity index (χ1n) is 12.7.